The van der Waals surface area contributed by atoms with Crippen molar-refractivity contribution in [2.45, 2.75) is 291 Å². The highest BCUT2D eigenvalue weighted by Crippen LogP contribution is 2.17. The molecule has 0 heterocycles. The lowest BCUT2D eigenvalue weighted by molar-refractivity contribution is -0.167. The Kier molecular flexibility index (Phi) is 44.2. The molecule has 0 spiro atoms. The Morgan fingerprint density at radius 2 is 0.579 bits per heavy atom. The maximum absolute atomic E-state index is 12.8. The van der Waals surface area contributed by atoms with E-state index in [1.807, 2.05) is 0 Å². The largest absolute Gasteiger partial charge is 0.462 e. The van der Waals surface area contributed by atoms with Crippen molar-refractivity contribution in [3.8, 4) is 0 Å². The second-order valence-electron chi connectivity index (χ2n) is 17.9. The first-order valence-electron chi connectivity index (χ1n) is 25.4. The Balaban J connectivity index is 4.25. The zero-order chi connectivity index (χ0) is 41.7. The maximum Gasteiger partial charge on any atom is 0.306 e. The molecule has 0 bridgehead atoms. The lowest BCUT2D eigenvalue weighted by atomic mass is 10.0. The summed E-state index contributed by atoms with van der Waals surface area (Å²) < 4.78 is 16.8. The predicted molar refractivity (Wildman–Crippen MR) is 243 cm³/mol. The van der Waals surface area contributed by atoms with Crippen LogP contribution in [-0.4, -0.2) is 37.2 Å². The molecule has 6 nitrogen and oxygen atoms in total. The highest BCUT2D eigenvalue weighted by molar-refractivity contribution is 5.71. The molecule has 0 aromatic carbocycles. The first kappa shape index (κ1) is 55.4. The van der Waals surface area contributed by atoms with Gasteiger partial charge in [0.15, 0.2) is 6.10 Å². The van der Waals surface area contributed by atoms with Crippen LogP contribution in [0.25, 0.3) is 0 Å². The van der Waals surface area contributed by atoms with Crippen molar-refractivity contribution >= 4 is 17.9 Å². The van der Waals surface area contributed by atoms with Gasteiger partial charge in [-0.05, 0) is 25.2 Å². The zero-order valence-corrected chi connectivity index (χ0v) is 38.8. The van der Waals surface area contributed by atoms with Crippen LogP contribution < -0.4 is 0 Å². The van der Waals surface area contributed by atoms with Gasteiger partial charge in [0.25, 0.3) is 0 Å². The fraction of sp³-hybridized carbons (Fsp3) is 0.941. The Labute approximate surface area is 355 Å². The summed E-state index contributed by atoms with van der Waals surface area (Å²) in [4.78, 5) is 37.8. The van der Waals surface area contributed by atoms with Gasteiger partial charge in [-0.1, -0.05) is 246 Å². The van der Waals surface area contributed by atoms with Gasteiger partial charge in [-0.3, -0.25) is 14.4 Å². The summed E-state index contributed by atoms with van der Waals surface area (Å²) >= 11 is 0. The molecule has 0 saturated carbocycles. The van der Waals surface area contributed by atoms with Crippen LogP contribution in [0.5, 0.6) is 0 Å². The summed E-state index contributed by atoms with van der Waals surface area (Å²) in [5.41, 5.74) is 0. The fourth-order valence-electron chi connectivity index (χ4n) is 7.69. The van der Waals surface area contributed by atoms with Crippen molar-refractivity contribution in [3.05, 3.63) is 0 Å². The normalized spacial score (nSPS) is 11.9. The number of hydrogen-bond acceptors (Lipinski definition) is 6. The second-order valence-corrected chi connectivity index (χ2v) is 17.9. The number of rotatable bonds is 46. The number of unbranched alkanes of at least 4 members (excludes halogenated alkanes) is 33. The Morgan fingerprint density at radius 3 is 0.860 bits per heavy atom. The van der Waals surface area contributed by atoms with E-state index < -0.39 is 6.10 Å². The molecular weight excluding hydrogens is 709 g/mol. The molecule has 0 N–H and O–H groups in total. The van der Waals surface area contributed by atoms with E-state index in [1.54, 1.807) is 0 Å². The molecule has 57 heavy (non-hydrogen) atoms. The smallest absolute Gasteiger partial charge is 0.306 e. The molecule has 0 aliphatic carbocycles. The van der Waals surface area contributed by atoms with Gasteiger partial charge in [-0.15, -0.1) is 0 Å². The van der Waals surface area contributed by atoms with Crippen LogP contribution >= 0.6 is 0 Å². The standard InChI is InChI=1S/C51H98O6/c1-5-7-9-11-13-15-16-17-18-19-20-21-22-23-27-32-36-40-44-51(54)57-48(45-55-49(52)42-38-34-30-25-14-12-10-8-6-2)46-56-50(53)43-39-35-31-28-24-26-29-33-37-41-47(3)4/h47-48H,5-46H2,1-4H3/t48-/m0/s1. The fourth-order valence-corrected chi connectivity index (χ4v) is 7.69. The number of esters is 3. The summed E-state index contributed by atoms with van der Waals surface area (Å²) in [7, 11) is 0. The minimum absolute atomic E-state index is 0.0636. The Morgan fingerprint density at radius 1 is 0.333 bits per heavy atom. The average molecular weight is 807 g/mol. The van der Waals surface area contributed by atoms with Crippen LogP contribution in [0.4, 0.5) is 0 Å². The van der Waals surface area contributed by atoms with Gasteiger partial charge in [0.2, 0.25) is 0 Å². The molecule has 6 heteroatoms. The number of hydrogen-bond donors (Lipinski definition) is 0. The lowest BCUT2D eigenvalue weighted by Crippen LogP contribution is -2.30. The third-order valence-corrected chi connectivity index (χ3v) is 11.5. The summed E-state index contributed by atoms with van der Waals surface area (Å²) in [6.07, 6.45) is 46.7. The second kappa shape index (κ2) is 45.5. The van der Waals surface area contributed by atoms with Crippen molar-refractivity contribution < 1.29 is 28.6 Å². The van der Waals surface area contributed by atoms with Crippen LogP contribution in [0.15, 0.2) is 0 Å². The van der Waals surface area contributed by atoms with E-state index in [-0.39, 0.29) is 31.1 Å². The Bertz CT molecular complexity index is 857. The third-order valence-electron chi connectivity index (χ3n) is 11.5. The molecule has 338 valence electrons. The molecular formula is C51H98O6. The average Bonchev–Trinajstić information content (AvgIpc) is 3.19. The topological polar surface area (TPSA) is 78.9 Å². The molecule has 0 fully saturated rings. The highest BCUT2D eigenvalue weighted by Gasteiger charge is 2.19. The number of carbonyl (C=O) groups is 3. The van der Waals surface area contributed by atoms with E-state index in [0.29, 0.717) is 19.3 Å². The quantitative estimate of drug-likeness (QED) is 0.0346. The van der Waals surface area contributed by atoms with Gasteiger partial charge in [-0.25, -0.2) is 0 Å². The van der Waals surface area contributed by atoms with Crippen molar-refractivity contribution in [1.29, 1.82) is 0 Å². The van der Waals surface area contributed by atoms with Crippen LogP contribution in [0.3, 0.4) is 0 Å². The minimum Gasteiger partial charge on any atom is -0.462 e. The molecule has 0 aromatic rings. The Hall–Kier alpha value is -1.59. The highest BCUT2D eigenvalue weighted by atomic mass is 16.6. The van der Waals surface area contributed by atoms with Gasteiger partial charge in [0.1, 0.15) is 13.2 Å². The van der Waals surface area contributed by atoms with Crippen molar-refractivity contribution in [2.24, 2.45) is 5.92 Å². The molecule has 0 aliphatic rings. The van der Waals surface area contributed by atoms with E-state index in [9.17, 15) is 14.4 Å². The van der Waals surface area contributed by atoms with Crippen LogP contribution in [0.1, 0.15) is 285 Å². The molecule has 0 unspecified atom stereocenters. The summed E-state index contributed by atoms with van der Waals surface area (Å²) in [6, 6.07) is 0. The van der Waals surface area contributed by atoms with Crippen molar-refractivity contribution in [2.75, 3.05) is 13.2 Å². The third kappa shape index (κ3) is 45.3. The van der Waals surface area contributed by atoms with Gasteiger partial charge >= 0.3 is 17.9 Å². The lowest BCUT2D eigenvalue weighted by Gasteiger charge is -2.18. The van der Waals surface area contributed by atoms with Gasteiger partial charge in [0, 0.05) is 19.3 Å². The summed E-state index contributed by atoms with van der Waals surface area (Å²) in [6.45, 7) is 8.98. The first-order chi connectivity index (χ1) is 27.9. The molecule has 0 aliphatic heterocycles. The molecule has 0 radical (unpaired) electrons. The number of ether oxygens (including phenoxy) is 3. The van der Waals surface area contributed by atoms with Gasteiger partial charge < -0.3 is 14.2 Å². The van der Waals surface area contributed by atoms with Gasteiger partial charge in [0.05, 0.1) is 0 Å². The molecule has 0 saturated heterocycles. The van der Waals surface area contributed by atoms with E-state index in [4.69, 9.17) is 14.2 Å². The monoisotopic (exact) mass is 807 g/mol. The zero-order valence-electron chi connectivity index (χ0n) is 38.8. The van der Waals surface area contributed by atoms with E-state index in [0.717, 1.165) is 63.7 Å². The van der Waals surface area contributed by atoms with E-state index >= 15 is 0 Å². The summed E-state index contributed by atoms with van der Waals surface area (Å²) in [5.74, 6) is -0.0416. The van der Waals surface area contributed by atoms with Crippen LogP contribution in [0, 0.1) is 5.92 Å². The molecule has 0 rings (SSSR count). The predicted octanol–water partition coefficient (Wildman–Crippen LogP) is 16.3. The molecule has 1 atom stereocenters. The van der Waals surface area contributed by atoms with E-state index in [2.05, 4.69) is 27.7 Å². The van der Waals surface area contributed by atoms with Crippen molar-refractivity contribution in [1.82, 2.24) is 0 Å². The summed E-state index contributed by atoms with van der Waals surface area (Å²) in [5, 5.41) is 0. The minimum atomic E-state index is -0.760. The molecule has 0 amide bonds. The first-order valence-corrected chi connectivity index (χ1v) is 25.4. The van der Waals surface area contributed by atoms with Gasteiger partial charge in [-0.2, -0.15) is 0 Å². The van der Waals surface area contributed by atoms with Crippen LogP contribution in [-0.2, 0) is 28.6 Å². The SMILES string of the molecule is CCCCCCCCCCCCCCCCCCCCC(=O)O[C@@H](COC(=O)CCCCCCCCCCC)COC(=O)CCCCCCCCCCCC(C)C. The maximum atomic E-state index is 12.8. The molecule has 0 aromatic heterocycles. The number of carbonyl (C=O) groups excluding carboxylic acids is 3. The van der Waals surface area contributed by atoms with Crippen molar-refractivity contribution in [3.63, 3.8) is 0 Å². The van der Waals surface area contributed by atoms with Crippen LogP contribution in [0.2, 0.25) is 0 Å². The van der Waals surface area contributed by atoms with E-state index in [1.165, 1.54) is 180 Å².